The Bertz CT molecular complexity index is 591. The van der Waals surface area contributed by atoms with Crippen LogP contribution in [0.1, 0.15) is 105 Å². The molecule has 4 aliphatic rings. The van der Waals surface area contributed by atoms with Gasteiger partial charge in [-0.25, -0.2) is 0 Å². The highest BCUT2D eigenvalue weighted by Gasteiger charge is 2.58. The molecule has 1 N–H and O–H groups in total. The molecule has 3 fully saturated rings. The van der Waals surface area contributed by atoms with Gasteiger partial charge >= 0.3 is 0 Å². The fourth-order valence-corrected chi connectivity index (χ4v) is 8.24. The lowest BCUT2D eigenvalue weighted by atomic mass is 9.47. The standard InChI is InChI=1S/C27H46O/c1-18(2)19(3)7-6-8-20-10-12-24-23-11-9-21-17-22(28)13-15-27(21,5)25(23)14-16-26(20,24)4/h9,18-20,22-25,28H,6-8,10-17H2,1-5H3/t19-,20+,22+,23+,24+,25+,26-,27+/m1/s1. The molecule has 0 aliphatic heterocycles. The van der Waals surface area contributed by atoms with E-state index in [2.05, 4.69) is 40.7 Å². The van der Waals surface area contributed by atoms with E-state index in [0.29, 0.717) is 10.8 Å². The fraction of sp³-hybridized carbons (Fsp3) is 0.926. The third kappa shape index (κ3) is 3.42. The van der Waals surface area contributed by atoms with Gasteiger partial charge in [0.2, 0.25) is 0 Å². The minimum Gasteiger partial charge on any atom is -0.393 e. The summed E-state index contributed by atoms with van der Waals surface area (Å²) in [4.78, 5) is 0. The Morgan fingerprint density at radius 1 is 1.04 bits per heavy atom. The highest BCUT2D eigenvalue weighted by molar-refractivity contribution is 5.25. The molecule has 0 radical (unpaired) electrons. The number of rotatable bonds is 5. The Balaban J connectivity index is 1.45. The lowest BCUT2D eigenvalue weighted by Crippen LogP contribution is -2.50. The van der Waals surface area contributed by atoms with Gasteiger partial charge in [0.15, 0.2) is 0 Å². The van der Waals surface area contributed by atoms with Gasteiger partial charge in [-0.15, -0.1) is 0 Å². The Morgan fingerprint density at radius 3 is 2.57 bits per heavy atom. The van der Waals surface area contributed by atoms with Crippen LogP contribution in [0, 0.1) is 46.3 Å². The van der Waals surface area contributed by atoms with Crippen molar-refractivity contribution in [2.75, 3.05) is 0 Å². The van der Waals surface area contributed by atoms with Gasteiger partial charge in [0.1, 0.15) is 0 Å². The quantitative estimate of drug-likeness (QED) is 0.488. The first-order valence-electron chi connectivity index (χ1n) is 12.6. The van der Waals surface area contributed by atoms with Gasteiger partial charge in [0.05, 0.1) is 6.10 Å². The van der Waals surface area contributed by atoms with Crippen LogP contribution in [0.5, 0.6) is 0 Å². The smallest absolute Gasteiger partial charge is 0.0577 e. The molecule has 28 heavy (non-hydrogen) atoms. The van der Waals surface area contributed by atoms with E-state index in [1.165, 1.54) is 57.8 Å². The first kappa shape index (κ1) is 21.0. The first-order valence-corrected chi connectivity index (χ1v) is 12.6. The monoisotopic (exact) mass is 386 g/mol. The van der Waals surface area contributed by atoms with E-state index in [1.807, 2.05) is 0 Å². The summed E-state index contributed by atoms with van der Waals surface area (Å²) in [5, 5.41) is 10.2. The zero-order chi connectivity index (χ0) is 20.1. The van der Waals surface area contributed by atoms with Gasteiger partial charge in [0, 0.05) is 0 Å². The molecule has 4 aliphatic carbocycles. The summed E-state index contributed by atoms with van der Waals surface area (Å²) in [6.45, 7) is 12.5. The second-order valence-electron chi connectivity index (χ2n) is 12.1. The maximum atomic E-state index is 10.2. The number of aliphatic hydroxyl groups excluding tert-OH is 1. The number of aliphatic hydroxyl groups is 1. The molecule has 3 saturated carbocycles. The molecule has 0 heterocycles. The van der Waals surface area contributed by atoms with Crippen LogP contribution in [-0.4, -0.2) is 11.2 Å². The predicted molar refractivity (Wildman–Crippen MR) is 119 cm³/mol. The fourth-order valence-electron chi connectivity index (χ4n) is 8.24. The Labute approximate surface area is 174 Å². The Morgan fingerprint density at radius 2 is 1.82 bits per heavy atom. The maximum absolute atomic E-state index is 10.2. The van der Waals surface area contributed by atoms with E-state index in [-0.39, 0.29) is 6.10 Å². The zero-order valence-corrected chi connectivity index (χ0v) is 19.3. The Hall–Kier alpha value is -0.300. The summed E-state index contributed by atoms with van der Waals surface area (Å²) in [7, 11) is 0. The molecule has 1 nitrogen and oxygen atoms in total. The predicted octanol–water partition coefficient (Wildman–Crippen LogP) is 7.39. The molecule has 0 bridgehead atoms. The van der Waals surface area contributed by atoms with E-state index in [1.54, 1.807) is 5.57 Å². The van der Waals surface area contributed by atoms with Crippen molar-refractivity contribution in [3.63, 3.8) is 0 Å². The largest absolute Gasteiger partial charge is 0.393 e. The summed E-state index contributed by atoms with van der Waals surface area (Å²) < 4.78 is 0. The number of hydrogen-bond acceptors (Lipinski definition) is 1. The van der Waals surface area contributed by atoms with Gasteiger partial charge in [-0.2, -0.15) is 0 Å². The average molecular weight is 387 g/mol. The summed E-state index contributed by atoms with van der Waals surface area (Å²) in [6.07, 6.45) is 17.3. The highest BCUT2D eigenvalue weighted by atomic mass is 16.3. The van der Waals surface area contributed by atoms with Gasteiger partial charge in [-0.05, 0) is 104 Å². The lowest BCUT2D eigenvalue weighted by molar-refractivity contribution is -0.0509. The molecule has 160 valence electrons. The maximum Gasteiger partial charge on any atom is 0.0577 e. The van der Waals surface area contributed by atoms with Crippen molar-refractivity contribution >= 4 is 0 Å². The van der Waals surface area contributed by atoms with Crippen molar-refractivity contribution < 1.29 is 5.11 Å². The van der Waals surface area contributed by atoms with Crippen LogP contribution in [0.2, 0.25) is 0 Å². The van der Waals surface area contributed by atoms with E-state index in [9.17, 15) is 5.11 Å². The first-order chi connectivity index (χ1) is 13.3. The summed E-state index contributed by atoms with van der Waals surface area (Å²) >= 11 is 0. The van der Waals surface area contributed by atoms with Gasteiger partial charge in [-0.3, -0.25) is 0 Å². The molecule has 0 aromatic carbocycles. The molecule has 8 atom stereocenters. The normalized spacial score (nSPS) is 46.5. The molecule has 4 rings (SSSR count). The van der Waals surface area contributed by atoms with Crippen LogP contribution < -0.4 is 0 Å². The molecule has 0 unspecified atom stereocenters. The van der Waals surface area contributed by atoms with Crippen molar-refractivity contribution in [1.82, 2.24) is 0 Å². The van der Waals surface area contributed by atoms with Gasteiger partial charge in [-0.1, -0.05) is 59.1 Å². The number of allylic oxidation sites excluding steroid dienone is 1. The van der Waals surface area contributed by atoms with Gasteiger partial charge in [0.25, 0.3) is 0 Å². The second kappa shape index (κ2) is 7.75. The Kier molecular flexibility index (Phi) is 5.80. The topological polar surface area (TPSA) is 20.2 Å². The zero-order valence-electron chi connectivity index (χ0n) is 19.3. The van der Waals surface area contributed by atoms with Crippen molar-refractivity contribution in [3.05, 3.63) is 11.6 Å². The number of hydrogen-bond donors (Lipinski definition) is 1. The molecule has 0 aromatic rings. The second-order valence-corrected chi connectivity index (χ2v) is 12.1. The minimum atomic E-state index is -0.0752. The highest BCUT2D eigenvalue weighted by Crippen LogP contribution is 2.66. The number of fused-ring (bicyclic) bond motifs is 5. The van der Waals surface area contributed by atoms with Crippen LogP contribution >= 0.6 is 0 Å². The minimum absolute atomic E-state index is 0.0752. The molecule has 0 aromatic heterocycles. The lowest BCUT2D eigenvalue weighted by Gasteiger charge is -2.58. The third-order valence-electron chi connectivity index (χ3n) is 10.6. The van der Waals surface area contributed by atoms with E-state index in [4.69, 9.17) is 0 Å². The third-order valence-corrected chi connectivity index (χ3v) is 10.6. The van der Waals surface area contributed by atoms with Crippen molar-refractivity contribution in [2.45, 2.75) is 111 Å². The summed E-state index contributed by atoms with van der Waals surface area (Å²) in [6, 6.07) is 0. The van der Waals surface area contributed by atoms with Crippen molar-refractivity contribution in [2.24, 2.45) is 46.3 Å². The summed E-state index contributed by atoms with van der Waals surface area (Å²) in [5.74, 6) is 5.45. The molecule has 1 heteroatoms. The van der Waals surface area contributed by atoms with Crippen LogP contribution in [0.4, 0.5) is 0 Å². The molecule has 0 spiro atoms. The SMILES string of the molecule is CC(C)[C@H](C)CCC[C@H]1CC[C@H]2[C@@H]3CC=C4C[C@@H](O)CC[C@]4(C)[C@H]3CC[C@]12C. The van der Waals surface area contributed by atoms with E-state index in [0.717, 1.165) is 48.3 Å². The van der Waals surface area contributed by atoms with E-state index < -0.39 is 0 Å². The van der Waals surface area contributed by atoms with Crippen LogP contribution in [0.25, 0.3) is 0 Å². The van der Waals surface area contributed by atoms with Gasteiger partial charge < -0.3 is 5.11 Å². The molecular formula is C27H46O. The van der Waals surface area contributed by atoms with Crippen LogP contribution in [-0.2, 0) is 0 Å². The summed E-state index contributed by atoms with van der Waals surface area (Å²) in [5.41, 5.74) is 2.63. The van der Waals surface area contributed by atoms with E-state index >= 15 is 0 Å². The molecular weight excluding hydrogens is 340 g/mol. The van der Waals surface area contributed by atoms with Crippen LogP contribution in [0.3, 0.4) is 0 Å². The average Bonchev–Trinajstić information content (AvgIpc) is 2.99. The molecule has 0 amide bonds. The molecule has 0 saturated heterocycles. The van der Waals surface area contributed by atoms with Crippen molar-refractivity contribution in [1.29, 1.82) is 0 Å². The van der Waals surface area contributed by atoms with Crippen molar-refractivity contribution in [3.8, 4) is 0 Å². The van der Waals surface area contributed by atoms with Crippen LogP contribution in [0.15, 0.2) is 11.6 Å².